The summed E-state index contributed by atoms with van der Waals surface area (Å²) in [6, 6.07) is 11.7. The van der Waals surface area contributed by atoms with Crippen molar-refractivity contribution in [3.63, 3.8) is 0 Å². The smallest absolute Gasteiger partial charge is 0.250 e. The third-order valence-electron chi connectivity index (χ3n) is 4.28. The molecular formula is C18H20FN3O4S2. The first-order valence-corrected chi connectivity index (χ1v) is 12.0. The van der Waals surface area contributed by atoms with Crippen molar-refractivity contribution in [2.24, 2.45) is 5.10 Å². The van der Waals surface area contributed by atoms with Crippen LogP contribution in [0.1, 0.15) is 30.5 Å². The molecular weight excluding hydrogens is 405 g/mol. The van der Waals surface area contributed by atoms with Crippen molar-refractivity contribution in [2.75, 3.05) is 16.7 Å². The average Bonchev–Trinajstić information content (AvgIpc) is 3.07. The molecule has 1 atom stereocenters. The Balaban J connectivity index is 1.95. The highest BCUT2D eigenvalue weighted by atomic mass is 32.2. The Labute approximate surface area is 164 Å². The molecule has 2 aromatic carbocycles. The maximum Gasteiger partial charge on any atom is 0.250 e. The van der Waals surface area contributed by atoms with Gasteiger partial charge in [0.05, 0.1) is 23.8 Å². The summed E-state index contributed by atoms with van der Waals surface area (Å²) in [7, 11) is -7.04. The molecule has 0 fully saturated rings. The molecule has 0 saturated carbocycles. The van der Waals surface area contributed by atoms with Gasteiger partial charge in [0.2, 0.25) is 20.0 Å². The zero-order valence-corrected chi connectivity index (χ0v) is 17.0. The molecule has 1 aliphatic rings. The van der Waals surface area contributed by atoms with Gasteiger partial charge in [-0.2, -0.15) is 9.52 Å². The van der Waals surface area contributed by atoms with E-state index in [4.69, 9.17) is 0 Å². The molecule has 0 aliphatic carbocycles. The van der Waals surface area contributed by atoms with E-state index in [0.29, 0.717) is 22.5 Å². The van der Waals surface area contributed by atoms with Crippen LogP contribution in [0.2, 0.25) is 0 Å². The molecule has 2 aromatic rings. The Bertz CT molecular complexity index is 1110. The summed E-state index contributed by atoms with van der Waals surface area (Å²) in [5, 5.41) is 4.29. The number of benzene rings is 2. The van der Waals surface area contributed by atoms with Gasteiger partial charge in [0.15, 0.2) is 0 Å². The number of hydrogen-bond donors (Lipinski definition) is 1. The largest absolute Gasteiger partial charge is 0.284 e. The van der Waals surface area contributed by atoms with Gasteiger partial charge < -0.3 is 0 Å². The molecule has 0 aromatic heterocycles. The highest BCUT2D eigenvalue weighted by Crippen LogP contribution is 2.35. The molecule has 3 rings (SSSR count). The van der Waals surface area contributed by atoms with Crippen molar-refractivity contribution < 1.29 is 21.2 Å². The van der Waals surface area contributed by atoms with E-state index in [-0.39, 0.29) is 12.2 Å². The minimum Gasteiger partial charge on any atom is -0.284 e. The SMILES string of the molecule is CCS(=O)(=O)N1N=C(c2ccc(NS(C)(=O)=O)cc2)CC1c1cccc(F)c1. The maximum absolute atomic E-state index is 13.7. The van der Waals surface area contributed by atoms with E-state index in [1.807, 2.05) is 0 Å². The van der Waals surface area contributed by atoms with Gasteiger partial charge >= 0.3 is 0 Å². The van der Waals surface area contributed by atoms with Crippen LogP contribution in [-0.2, 0) is 20.0 Å². The molecule has 1 N–H and O–H groups in total. The molecule has 10 heteroatoms. The predicted molar refractivity (Wildman–Crippen MR) is 107 cm³/mol. The fourth-order valence-electron chi connectivity index (χ4n) is 2.96. The molecule has 0 saturated heterocycles. The second-order valence-electron chi connectivity index (χ2n) is 6.45. The molecule has 1 heterocycles. The number of nitrogens with zero attached hydrogens (tertiary/aromatic N) is 2. The van der Waals surface area contributed by atoms with Crippen LogP contribution in [0.4, 0.5) is 10.1 Å². The van der Waals surface area contributed by atoms with E-state index in [1.165, 1.54) is 25.1 Å². The Morgan fingerprint density at radius 1 is 1.14 bits per heavy atom. The summed E-state index contributed by atoms with van der Waals surface area (Å²) < 4.78 is 64.7. The summed E-state index contributed by atoms with van der Waals surface area (Å²) in [6.45, 7) is 1.52. The first kappa shape index (κ1) is 20.3. The number of hydrazone groups is 1. The van der Waals surface area contributed by atoms with Crippen molar-refractivity contribution in [3.05, 3.63) is 65.5 Å². The van der Waals surface area contributed by atoms with Gasteiger partial charge in [0.25, 0.3) is 0 Å². The van der Waals surface area contributed by atoms with Gasteiger partial charge in [-0.3, -0.25) is 4.72 Å². The van der Waals surface area contributed by atoms with Crippen molar-refractivity contribution in [1.82, 2.24) is 4.41 Å². The van der Waals surface area contributed by atoms with Crippen LogP contribution in [0.15, 0.2) is 53.6 Å². The molecule has 0 amide bonds. The minimum absolute atomic E-state index is 0.132. The van der Waals surface area contributed by atoms with Gasteiger partial charge in [-0.05, 0) is 42.3 Å². The summed E-state index contributed by atoms with van der Waals surface area (Å²) >= 11 is 0. The fraction of sp³-hybridized carbons (Fsp3) is 0.278. The summed E-state index contributed by atoms with van der Waals surface area (Å²) in [5.74, 6) is -0.580. The third kappa shape index (κ3) is 4.50. The average molecular weight is 426 g/mol. The molecule has 1 aliphatic heterocycles. The van der Waals surface area contributed by atoms with E-state index < -0.39 is 31.9 Å². The lowest BCUT2D eigenvalue weighted by molar-refractivity contribution is 0.371. The molecule has 0 bridgehead atoms. The highest BCUT2D eigenvalue weighted by molar-refractivity contribution is 7.92. The highest BCUT2D eigenvalue weighted by Gasteiger charge is 2.35. The number of halogens is 1. The van der Waals surface area contributed by atoms with Gasteiger partial charge in [0, 0.05) is 12.1 Å². The summed E-state index contributed by atoms with van der Waals surface area (Å²) in [4.78, 5) is 0. The summed E-state index contributed by atoms with van der Waals surface area (Å²) in [6.07, 6.45) is 1.33. The maximum atomic E-state index is 13.7. The van der Waals surface area contributed by atoms with Gasteiger partial charge in [-0.15, -0.1) is 0 Å². The van der Waals surface area contributed by atoms with Gasteiger partial charge in [0.1, 0.15) is 5.82 Å². The first-order chi connectivity index (χ1) is 13.1. The molecule has 150 valence electrons. The number of nitrogens with one attached hydrogen (secondary N) is 1. The lowest BCUT2D eigenvalue weighted by Crippen LogP contribution is -2.28. The predicted octanol–water partition coefficient (Wildman–Crippen LogP) is 2.70. The third-order valence-corrected chi connectivity index (χ3v) is 6.52. The van der Waals surface area contributed by atoms with Crippen molar-refractivity contribution in [3.8, 4) is 0 Å². The van der Waals surface area contributed by atoms with E-state index in [0.717, 1.165) is 10.7 Å². The normalized spacial score (nSPS) is 17.5. The lowest BCUT2D eigenvalue weighted by Gasteiger charge is -2.22. The Morgan fingerprint density at radius 2 is 1.82 bits per heavy atom. The molecule has 28 heavy (non-hydrogen) atoms. The topological polar surface area (TPSA) is 95.9 Å². The van der Waals surface area contributed by atoms with Crippen LogP contribution in [0, 0.1) is 5.82 Å². The molecule has 7 nitrogen and oxygen atoms in total. The van der Waals surface area contributed by atoms with E-state index in [9.17, 15) is 21.2 Å². The second kappa shape index (κ2) is 7.51. The van der Waals surface area contributed by atoms with Gasteiger partial charge in [-0.1, -0.05) is 24.3 Å². The first-order valence-electron chi connectivity index (χ1n) is 8.52. The standard InChI is InChI=1S/C18H20FN3O4S2/c1-3-28(25,26)22-18(14-5-4-6-15(19)11-14)12-17(20-22)13-7-9-16(10-8-13)21-27(2,23)24/h4-11,18,21H,3,12H2,1-2H3. The van der Waals surface area contributed by atoms with E-state index in [2.05, 4.69) is 9.82 Å². The van der Waals surface area contributed by atoms with Crippen LogP contribution in [0.3, 0.4) is 0 Å². The van der Waals surface area contributed by atoms with Crippen molar-refractivity contribution in [1.29, 1.82) is 0 Å². The number of rotatable bonds is 6. The fourth-order valence-corrected chi connectivity index (χ4v) is 4.59. The summed E-state index contributed by atoms with van der Waals surface area (Å²) in [5.41, 5.74) is 2.10. The van der Waals surface area contributed by atoms with E-state index in [1.54, 1.807) is 30.3 Å². The zero-order valence-electron chi connectivity index (χ0n) is 15.3. The molecule has 0 spiro atoms. The molecule has 0 radical (unpaired) electrons. The lowest BCUT2D eigenvalue weighted by atomic mass is 9.99. The van der Waals surface area contributed by atoms with Crippen molar-refractivity contribution in [2.45, 2.75) is 19.4 Å². The Morgan fingerprint density at radius 3 is 2.39 bits per heavy atom. The van der Waals surface area contributed by atoms with Crippen LogP contribution < -0.4 is 4.72 Å². The van der Waals surface area contributed by atoms with Crippen LogP contribution in [0.25, 0.3) is 0 Å². The number of sulfonamides is 2. The van der Waals surface area contributed by atoms with Gasteiger partial charge in [-0.25, -0.2) is 21.2 Å². The van der Waals surface area contributed by atoms with Crippen LogP contribution in [-0.4, -0.2) is 39.0 Å². The zero-order chi connectivity index (χ0) is 20.5. The second-order valence-corrected chi connectivity index (χ2v) is 10.3. The van der Waals surface area contributed by atoms with E-state index >= 15 is 0 Å². The minimum atomic E-state index is -3.65. The number of hydrogen-bond acceptors (Lipinski definition) is 5. The van der Waals surface area contributed by atoms with Crippen LogP contribution in [0.5, 0.6) is 0 Å². The number of anilines is 1. The Kier molecular flexibility index (Phi) is 5.44. The quantitative estimate of drug-likeness (QED) is 0.770. The van der Waals surface area contributed by atoms with Crippen LogP contribution >= 0.6 is 0 Å². The monoisotopic (exact) mass is 425 g/mol. The molecule has 1 unspecified atom stereocenters. The van der Waals surface area contributed by atoms with Crippen molar-refractivity contribution >= 4 is 31.4 Å². The Hall–Kier alpha value is -2.46.